The Balaban J connectivity index is 2.20. The summed E-state index contributed by atoms with van der Waals surface area (Å²) >= 11 is 1.16. The van der Waals surface area contributed by atoms with E-state index in [2.05, 4.69) is 13.8 Å². The van der Waals surface area contributed by atoms with Gasteiger partial charge >= 0.3 is 0 Å². The van der Waals surface area contributed by atoms with Gasteiger partial charge in [-0.3, -0.25) is 0 Å². The van der Waals surface area contributed by atoms with Gasteiger partial charge in [0.1, 0.15) is 4.21 Å². The molecular weight excluding hydrogens is 282 g/mol. The Labute approximate surface area is 119 Å². The molecule has 1 aliphatic heterocycles. The standard InChI is InChI=1S/C13H21NO3S2/c1-13(2)6-3-8-14(9-7-13)19(16,17)12-5-4-11(10-15)18-12/h4-5,15H,3,6-10H2,1-2H3. The largest absolute Gasteiger partial charge is 0.391 e. The molecule has 2 rings (SSSR count). The van der Waals surface area contributed by atoms with Crippen molar-refractivity contribution in [3.8, 4) is 0 Å². The first-order chi connectivity index (χ1) is 8.85. The summed E-state index contributed by atoms with van der Waals surface area (Å²) in [5.74, 6) is 0. The van der Waals surface area contributed by atoms with Gasteiger partial charge in [0.05, 0.1) is 6.61 Å². The molecule has 0 aromatic carbocycles. The molecule has 0 spiro atoms. The minimum absolute atomic E-state index is 0.104. The molecule has 0 aliphatic carbocycles. The van der Waals surface area contributed by atoms with Gasteiger partial charge in [0, 0.05) is 18.0 Å². The van der Waals surface area contributed by atoms with E-state index in [1.54, 1.807) is 16.4 Å². The van der Waals surface area contributed by atoms with Crippen LogP contribution >= 0.6 is 11.3 Å². The van der Waals surface area contributed by atoms with Gasteiger partial charge in [-0.1, -0.05) is 13.8 Å². The lowest BCUT2D eigenvalue weighted by molar-refractivity contribution is 0.285. The monoisotopic (exact) mass is 303 g/mol. The van der Waals surface area contributed by atoms with Gasteiger partial charge < -0.3 is 5.11 Å². The maximum atomic E-state index is 12.5. The Bertz CT molecular complexity index is 534. The van der Waals surface area contributed by atoms with Gasteiger partial charge in [-0.05, 0) is 36.8 Å². The molecule has 1 saturated heterocycles. The molecule has 0 atom stereocenters. The molecule has 0 bridgehead atoms. The number of aliphatic hydroxyl groups is 1. The van der Waals surface area contributed by atoms with E-state index in [0.29, 0.717) is 22.2 Å². The fourth-order valence-corrected chi connectivity index (χ4v) is 5.20. The minimum Gasteiger partial charge on any atom is -0.391 e. The van der Waals surface area contributed by atoms with Crippen LogP contribution < -0.4 is 0 Å². The van der Waals surface area contributed by atoms with Gasteiger partial charge in [-0.15, -0.1) is 11.3 Å². The van der Waals surface area contributed by atoms with Gasteiger partial charge in [0.15, 0.2) is 0 Å². The fraction of sp³-hybridized carbons (Fsp3) is 0.692. The Hall–Kier alpha value is -0.430. The van der Waals surface area contributed by atoms with E-state index in [9.17, 15) is 8.42 Å². The van der Waals surface area contributed by atoms with Crippen LogP contribution in [0.1, 0.15) is 38.0 Å². The number of aliphatic hydroxyl groups excluding tert-OH is 1. The molecule has 1 aromatic heterocycles. The van der Waals surface area contributed by atoms with Crippen LogP contribution in [0.2, 0.25) is 0 Å². The highest BCUT2D eigenvalue weighted by Crippen LogP contribution is 2.33. The molecule has 1 fully saturated rings. The van der Waals surface area contributed by atoms with Gasteiger partial charge in [0.25, 0.3) is 10.0 Å². The van der Waals surface area contributed by atoms with Crippen molar-refractivity contribution in [2.24, 2.45) is 5.41 Å². The maximum Gasteiger partial charge on any atom is 0.252 e. The molecule has 4 nitrogen and oxygen atoms in total. The first-order valence-electron chi connectivity index (χ1n) is 6.55. The van der Waals surface area contributed by atoms with Gasteiger partial charge in [0.2, 0.25) is 0 Å². The van der Waals surface area contributed by atoms with Crippen LogP contribution in [0.4, 0.5) is 0 Å². The third-order valence-corrected chi connectivity index (χ3v) is 7.12. The van der Waals surface area contributed by atoms with Crippen molar-refractivity contribution in [3.63, 3.8) is 0 Å². The van der Waals surface area contributed by atoms with Crippen LogP contribution in [0.5, 0.6) is 0 Å². The average Bonchev–Trinajstić information content (AvgIpc) is 2.75. The summed E-state index contributed by atoms with van der Waals surface area (Å²) in [5, 5.41) is 9.04. The second-order valence-corrected chi connectivity index (χ2v) is 9.13. The molecule has 0 amide bonds. The summed E-state index contributed by atoms with van der Waals surface area (Å²) in [5.41, 5.74) is 0.218. The normalized spacial score (nSPS) is 21.2. The number of rotatable bonds is 3. The molecule has 19 heavy (non-hydrogen) atoms. The summed E-state index contributed by atoms with van der Waals surface area (Å²) in [6, 6.07) is 3.28. The highest BCUT2D eigenvalue weighted by Gasteiger charge is 2.31. The van der Waals surface area contributed by atoms with E-state index in [1.807, 2.05) is 0 Å². The summed E-state index contributed by atoms with van der Waals surface area (Å²) < 4.78 is 27.0. The van der Waals surface area contributed by atoms with Gasteiger partial charge in [-0.2, -0.15) is 4.31 Å². The predicted molar refractivity (Wildman–Crippen MR) is 76.6 cm³/mol. The lowest BCUT2D eigenvalue weighted by atomic mass is 9.85. The molecule has 1 aliphatic rings. The second kappa shape index (κ2) is 5.52. The number of hydrogen-bond donors (Lipinski definition) is 1. The lowest BCUT2D eigenvalue weighted by Crippen LogP contribution is -2.32. The number of hydrogen-bond acceptors (Lipinski definition) is 4. The highest BCUT2D eigenvalue weighted by molar-refractivity contribution is 7.91. The molecule has 1 N–H and O–H groups in total. The first-order valence-corrected chi connectivity index (χ1v) is 8.80. The van der Waals surface area contributed by atoms with E-state index in [0.717, 1.165) is 30.6 Å². The quantitative estimate of drug-likeness (QED) is 0.933. The molecule has 1 aromatic rings. The summed E-state index contributed by atoms with van der Waals surface area (Å²) in [6.07, 6.45) is 2.86. The van der Waals surface area contributed by atoms with Crippen molar-refractivity contribution in [2.45, 2.75) is 43.9 Å². The van der Waals surface area contributed by atoms with E-state index in [1.165, 1.54) is 0 Å². The van der Waals surface area contributed by atoms with E-state index >= 15 is 0 Å². The van der Waals surface area contributed by atoms with Crippen LogP contribution in [-0.2, 0) is 16.6 Å². The predicted octanol–water partition coefficient (Wildman–Crippen LogP) is 2.44. The van der Waals surface area contributed by atoms with E-state index < -0.39 is 10.0 Å². The number of sulfonamides is 1. The molecule has 0 unspecified atom stereocenters. The van der Waals surface area contributed by atoms with Crippen molar-refractivity contribution >= 4 is 21.4 Å². The third kappa shape index (κ3) is 3.37. The van der Waals surface area contributed by atoms with E-state index in [4.69, 9.17) is 5.11 Å². The fourth-order valence-electron chi connectivity index (χ4n) is 2.35. The van der Waals surface area contributed by atoms with Crippen molar-refractivity contribution in [1.29, 1.82) is 0 Å². The molecule has 0 saturated carbocycles. The maximum absolute atomic E-state index is 12.5. The number of nitrogens with zero attached hydrogens (tertiary/aromatic N) is 1. The Morgan fingerprint density at radius 3 is 2.68 bits per heavy atom. The van der Waals surface area contributed by atoms with E-state index in [-0.39, 0.29) is 12.0 Å². The topological polar surface area (TPSA) is 57.6 Å². The van der Waals surface area contributed by atoms with Crippen LogP contribution in [0, 0.1) is 5.41 Å². The van der Waals surface area contributed by atoms with Crippen LogP contribution in [-0.4, -0.2) is 30.9 Å². The van der Waals surface area contributed by atoms with Crippen LogP contribution in [0.25, 0.3) is 0 Å². The molecule has 2 heterocycles. The molecule has 6 heteroatoms. The van der Waals surface area contributed by atoms with Crippen LogP contribution in [0.15, 0.2) is 16.3 Å². The zero-order valence-electron chi connectivity index (χ0n) is 11.4. The van der Waals surface area contributed by atoms with Gasteiger partial charge in [-0.25, -0.2) is 8.42 Å². The Morgan fingerprint density at radius 2 is 2.05 bits per heavy atom. The minimum atomic E-state index is -3.38. The SMILES string of the molecule is CC1(C)CCCN(S(=O)(=O)c2ccc(CO)s2)CC1. The average molecular weight is 303 g/mol. The second-order valence-electron chi connectivity index (χ2n) is 5.80. The van der Waals surface area contributed by atoms with Crippen molar-refractivity contribution in [1.82, 2.24) is 4.31 Å². The smallest absolute Gasteiger partial charge is 0.252 e. The Morgan fingerprint density at radius 1 is 1.32 bits per heavy atom. The zero-order valence-corrected chi connectivity index (χ0v) is 13.1. The summed E-state index contributed by atoms with van der Waals surface area (Å²) in [6.45, 7) is 5.46. The van der Waals surface area contributed by atoms with Crippen molar-refractivity contribution in [2.75, 3.05) is 13.1 Å². The summed E-state index contributed by atoms with van der Waals surface area (Å²) in [7, 11) is -3.38. The Kier molecular flexibility index (Phi) is 4.35. The first kappa shape index (κ1) is 15.0. The highest BCUT2D eigenvalue weighted by atomic mass is 32.2. The lowest BCUT2D eigenvalue weighted by Gasteiger charge is -2.22. The molecular formula is C13H21NO3S2. The number of thiophene rings is 1. The van der Waals surface area contributed by atoms with Crippen LogP contribution in [0.3, 0.4) is 0 Å². The third-order valence-electron chi connectivity index (χ3n) is 3.69. The van der Waals surface area contributed by atoms with Crippen molar-refractivity contribution in [3.05, 3.63) is 17.0 Å². The molecule has 0 radical (unpaired) electrons. The summed E-state index contributed by atoms with van der Waals surface area (Å²) in [4.78, 5) is 0.689. The van der Waals surface area contributed by atoms with Crippen molar-refractivity contribution < 1.29 is 13.5 Å². The zero-order chi connectivity index (χ0) is 14.1. The molecule has 108 valence electrons.